The molecule has 0 aliphatic carbocycles. The highest BCUT2D eigenvalue weighted by atomic mass is 35.5. The molecular formula is C14H24ClNO2S2. The molecule has 0 spiro atoms. The Morgan fingerprint density at radius 1 is 1.30 bits per heavy atom. The third kappa shape index (κ3) is 4.72. The van der Waals surface area contributed by atoms with Gasteiger partial charge in [0.05, 0.1) is 0 Å². The number of hydrogen-bond donors (Lipinski definition) is 0. The minimum Gasteiger partial charge on any atom is -0.206 e. The van der Waals surface area contributed by atoms with E-state index in [2.05, 4.69) is 6.92 Å². The minimum atomic E-state index is -3.37. The summed E-state index contributed by atoms with van der Waals surface area (Å²) in [7, 11) is -3.37. The molecule has 20 heavy (non-hydrogen) atoms. The maximum Gasteiger partial charge on any atom is 0.252 e. The molecule has 0 bridgehead atoms. The Hall–Kier alpha value is -0.100. The Morgan fingerprint density at radius 3 is 2.55 bits per heavy atom. The molecule has 1 aromatic rings. The topological polar surface area (TPSA) is 37.4 Å². The van der Waals surface area contributed by atoms with Gasteiger partial charge in [0.15, 0.2) is 0 Å². The summed E-state index contributed by atoms with van der Waals surface area (Å²) < 4.78 is 27.4. The molecule has 1 heterocycles. The van der Waals surface area contributed by atoms with E-state index in [-0.39, 0.29) is 6.04 Å². The fourth-order valence-electron chi connectivity index (χ4n) is 2.01. The Bertz CT molecular complexity index is 497. The van der Waals surface area contributed by atoms with Crippen LogP contribution >= 0.6 is 22.9 Å². The average Bonchev–Trinajstić information content (AvgIpc) is 2.83. The molecule has 116 valence electrons. The summed E-state index contributed by atoms with van der Waals surface area (Å²) in [6.45, 7) is 6.57. The van der Waals surface area contributed by atoms with Crippen molar-refractivity contribution in [3.05, 3.63) is 17.0 Å². The summed E-state index contributed by atoms with van der Waals surface area (Å²) in [5.41, 5.74) is 0. The van der Waals surface area contributed by atoms with Crippen LogP contribution in [0.2, 0.25) is 0 Å². The quantitative estimate of drug-likeness (QED) is 0.502. The zero-order valence-corrected chi connectivity index (χ0v) is 14.8. The van der Waals surface area contributed by atoms with Crippen molar-refractivity contribution >= 4 is 33.0 Å². The van der Waals surface area contributed by atoms with E-state index < -0.39 is 10.0 Å². The Balaban J connectivity index is 2.90. The smallest absolute Gasteiger partial charge is 0.206 e. The molecule has 1 aromatic heterocycles. The van der Waals surface area contributed by atoms with Crippen LogP contribution in [-0.4, -0.2) is 31.2 Å². The zero-order valence-electron chi connectivity index (χ0n) is 12.4. The predicted octanol–water partition coefficient (Wildman–Crippen LogP) is 4.12. The number of alkyl halides is 1. The highest BCUT2D eigenvalue weighted by Gasteiger charge is 2.27. The lowest BCUT2D eigenvalue weighted by atomic mass is 10.2. The number of halogens is 1. The lowest BCUT2D eigenvalue weighted by Gasteiger charge is -2.25. The van der Waals surface area contributed by atoms with Crippen LogP contribution in [0.3, 0.4) is 0 Å². The number of aryl methyl sites for hydroxylation is 1. The van der Waals surface area contributed by atoms with E-state index in [1.54, 1.807) is 10.4 Å². The SMILES string of the molecule is CCCCCN(C(C)C)S(=O)(=O)c1ccc(CCCl)s1. The van der Waals surface area contributed by atoms with Crippen LogP contribution in [0, 0.1) is 0 Å². The summed E-state index contributed by atoms with van der Waals surface area (Å²) in [5.74, 6) is 0.518. The molecule has 3 nitrogen and oxygen atoms in total. The molecule has 1 rings (SSSR count). The van der Waals surface area contributed by atoms with Crippen LogP contribution in [0.15, 0.2) is 16.3 Å². The molecule has 0 saturated heterocycles. The molecule has 0 atom stereocenters. The first-order valence-corrected chi connectivity index (χ1v) is 9.89. The van der Waals surface area contributed by atoms with Gasteiger partial charge in [-0.1, -0.05) is 19.8 Å². The van der Waals surface area contributed by atoms with Gasteiger partial charge in [-0.15, -0.1) is 22.9 Å². The summed E-state index contributed by atoms with van der Waals surface area (Å²) in [4.78, 5) is 1.02. The molecule has 0 amide bonds. The van der Waals surface area contributed by atoms with Crippen molar-refractivity contribution in [3.63, 3.8) is 0 Å². The summed E-state index contributed by atoms with van der Waals surface area (Å²) in [6.07, 6.45) is 3.78. The van der Waals surface area contributed by atoms with Crippen molar-refractivity contribution in [1.82, 2.24) is 4.31 Å². The monoisotopic (exact) mass is 337 g/mol. The number of hydrogen-bond acceptors (Lipinski definition) is 3. The molecule has 0 N–H and O–H groups in total. The van der Waals surface area contributed by atoms with Crippen molar-refractivity contribution < 1.29 is 8.42 Å². The highest BCUT2D eigenvalue weighted by Crippen LogP contribution is 2.27. The van der Waals surface area contributed by atoms with Gasteiger partial charge in [-0.3, -0.25) is 0 Å². The third-order valence-corrected chi connectivity index (χ3v) is 6.98. The Labute approximate surface area is 132 Å². The maximum absolute atomic E-state index is 12.7. The number of thiophene rings is 1. The molecule has 0 fully saturated rings. The van der Waals surface area contributed by atoms with E-state index in [4.69, 9.17) is 11.6 Å². The first-order chi connectivity index (χ1) is 9.43. The Kier molecular flexibility index (Phi) is 7.51. The van der Waals surface area contributed by atoms with Crippen LogP contribution < -0.4 is 0 Å². The maximum atomic E-state index is 12.7. The van der Waals surface area contributed by atoms with Gasteiger partial charge in [-0.05, 0) is 38.8 Å². The molecule has 0 saturated carbocycles. The van der Waals surface area contributed by atoms with Gasteiger partial charge in [0.1, 0.15) is 4.21 Å². The van der Waals surface area contributed by atoms with Crippen LogP contribution in [0.5, 0.6) is 0 Å². The minimum absolute atomic E-state index is 0.0181. The van der Waals surface area contributed by atoms with Gasteiger partial charge in [0.2, 0.25) is 0 Å². The van der Waals surface area contributed by atoms with Crippen molar-refractivity contribution in [2.45, 2.75) is 56.7 Å². The van der Waals surface area contributed by atoms with Crippen molar-refractivity contribution in [2.75, 3.05) is 12.4 Å². The second-order valence-electron chi connectivity index (χ2n) is 5.08. The van der Waals surface area contributed by atoms with Crippen LogP contribution in [0.1, 0.15) is 44.9 Å². The third-order valence-electron chi connectivity index (χ3n) is 3.10. The van der Waals surface area contributed by atoms with E-state index in [0.717, 1.165) is 30.6 Å². The zero-order chi connectivity index (χ0) is 15.2. The first kappa shape index (κ1) is 18.0. The number of unbranched alkanes of at least 4 members (excludes halogenated alkanes) is 2. The lowest BCUT2D eigenvalue weighted by Crippen LogP contribution is -2.37. The molecule has 6 heteroatoms. The summed E-state index contributed by atoms with van der Waals surface area (Å²) in [5, 5.41) is 0. The fraction of sp³-hybridized carbons (Fsp3) is 0.714. The van der Waals surface area contributed by atoms with E-state index in [9.17, 15) is 8.42 Å². The van der Waals surface area contributed by atoms with Crippen molar-refractivity contribution in [1.29, 1.82) is 0 Å². The second-order valence-corrected chi connectivity index (χ2v) is 8.74. The van der Waals surface area contributed by atoms with E-state index in [1.807, 2.05) is 19.9 Å². The fourth-order valence-corrected chi connectivity index (χ4v) is 5.49. The lowest BCUT2D eigenvalue weighted by molar-refractivity contribution is 0.346. The van der Waals surface area contributed by atoms with E-state index >= 15 is 0 Å². The van der Waals surface area contributed by atoms with Crippen molar-refractivity contribution in [3.8, 4) is 0 Å². The van der Waals surface area contributed by atoms with Gasteiger partial charge >= 0.3 is 0 Å². The number of sulfonamides is 1. The highest BCUT2D eigenvalue weighted by molar-refractivity contribution is 7.91. The van der Waals surface area contributed by atoms with Gasteiger partial charge in [0.25, 0.3) is 10.0 Å². The second kappa shape index (κ2) is 8.37. The number of rotatable bonds is 9. The van der Waals surface area contributed by atoms with Crippen LogP contribution in [0.25, 0.3) is 0 Å². The first-order valence-electron chi connectivity index (χ1n) is 7.10. The van der Waals surface area contributed by atoms with Gasteiger partial charge < -0.3 is 0 Å². The standard InChI is InChI=1S/C14H24ClNO2S2/c1-4-5-6-11-16(12(2)3)20(17,18)14-8-7-13(19-14)9-10-15/h7-8,12H,4-6,9-11H2,1-3H3. The summed E-state index contributed by atoms with van der Waals surface area (Å²) >= 11 is 7.04. The van der Waals surface area contributed by atoms with Gasteiger partial charge in [-0.25, -0.2) is 8.42 Å². The predicted molar refractivity (Wildman–Crippen MR) is 87.3 cm³/mol. The van der Waals surface area contributed by atoms with Gasteiger partial charge in [0, 0.05) is 23.3 Å². The summed E-state index contributed by atoms with van der Waals surface area (Å²) in [6, 6.07) is 3.55. The molecular weight excluding hydrogens is 314 g/mol. The van der Waals surface area contributed by atoms with E-state index in [1.165, 1.54) is 11.3 Å². The molecule has 0 aliphatic heterocycles. The molecule has 0 aliphatic rings. The Morgan fingerprint density at radius 2 is 2.00 bits per heavy atom. The molecule has 0 radical (unpaired) electrons. The average molecular weight is 338 g/mol. The number of nitrogens with zero attached hydrogens (tertiary/aromatic N) is 1. The molecule has 0 aromatic carbocycles. The normalized spacial score (nSPS) is 12.5. The molecule has 0 unspecified atom stereocenters. The largest absolute Gasteiger partial charge is 0.252 e. The van der Waals surface area contributed by atoms with Gasteiger partial charge in [-0.2, -0.15) is 4.31 Å². The van der Waals surface area contributed by atoms with Crippen molar-refractivity contribution in [2.24, 2.45) is 0 Å². The van der Waals surface area contributed by atoms with Crippen LogP contribution in [0.4, 0.5) is 0 Å². The van der Waals surface area contributed by atoms with Crippen LogP contribution in [-0.2, 0) is 16.4 Å². The van der Waals surface area contributed by atoms with E-state index in [0.29, 0.717) is 16.6 Å².